The first-order chi connectivity index (χ1) is 14.7. The Morgan fingerprint density at radius 2 is 1.55 bits per heavy atom. The van der Waals surface area contributed by atoms with Crippen LogP contribution in [0.15, 0.2) is 59.5 Å². The van der Waals surface area contributed by atoms with Gasteiger partial charge in [0.2, 0.25) is 21.8 Å². The molecule has 3 aromatic rings. The molecular formula is C20H19F3N4O3S. The largest absolute Gasteiger partial charge is 0.449 e. The van der Waals surface area contributed by atoms with Crippen LogP contribution in [0, 0.1) is 0 Å². The minimum Gasteiger partial charge on any atom is -0.339 e. The van der Waals surface area contributed by atoms with E-state index in [1.807, 2.05) is 0 Å². The van der Waals surface area contributed by atoms with Gasteiger partial charge in [-0.3, -0.25) is 4.79 Å². The second kappa shape index (κ2) is 7.97. The van der Waals surface area contributed by atoms with Crippen molar-refractivity contribution in [3.05, 3.63) is 60.4 Å². The highest BCUT2D eigenvalue weighted by Gasteiger charge is 2.38. The van der Waals surface area contributed by atoms with Crippen LogP contribution in [0.4, 0.5) is 13.2 Å². The van der Waals surface area contributed by atoms with E-state index in [2.05, 4.69) is 4.98 Å². The molecule has 0 saturated carbocycles. The summed E-state index contributed by atoms with van der Waals surface area (Å²) in [6, 6.07) is 14.1. The van der Waals surface area contributed by atoms with E-state index in [4.69, 9.17) is 0 Å². The van der Waals surface area contributed by atoms with Gasteiger partial charge >= 0.3 is 6.18 Å². The molecule has 31 heavy (non-hydrogen) atoms. The number of piperazine rings is 1. The molecule has 0 aliphatic carbocycles. The van der Waals surface area contributed by atoms with E-state index in [0.29, 0.717) is 0 Å². The molecular weight excluding hydrogens is 433 g/mol. The number of amides is 1. The van der Waals surface area contributed by atoms with E-state index in [9.17, 15) is 26.4 Å². The maximum Gasteiger partial charge on any atom is 0.449 e. The fourth-order valence-electron chi connectivity index (χ4n) is 3.61. The number of aromatic nitrogens is 2. The highest BCUT2D eigenvalue weighted by Crippen LogP contribution is 2.31. The lowest BCUT2D eigenvalue weighted by Gasteiger charge is -2.34. The van der Waals surface area contributed by atoms with Crippen LogP contribution in [0.5, 0.6) is 0 Å². The number of rotatable bonds is 4. The summed E-state index contributed by atoms with van der Waals surface area (Å²) in [6.07, 6.45) is -4.71. The minimum absolute atomic E-state index is 0.0692. The number of fused-ring (bicyclic) bond motifs is 1. The van der Waals surface area contributed by atoms with Crippen molar-refractivity contribution in [2.45, 2.75) is 17.6 Å². The van der Waals surface area contributed by atoms with Crippen molar-refractivity contribution in [3.63, 3.8) is 0 Å². The summed E-state index contributed by atoms with van der Waals surface area (Å²) < 4.78 is 67.9. The zero-order chi connectivity index (χ0) is 22.2. The number of hydrogen-bond donors (Lipinski definition) is 0. The molecule has 0 unspecified atom stereocenters. The Morgan fingerprint density at radius 1 is 0.935 bits per heavy atom. The fourth-order valence-corrected chi connectivity index (χ4v) is 5.05. The third-order valence-electron chi connectivity index (χ3n) is 5.17. The molecule has 0 radical (unpaired) electrons. The lowest BCUT2D eigenvalue weighted by molar-refractivity contribution is -0.148. The maximum absolute atomic E-state index is 13.4. The Kier molecular flexibility index (Phi) is 5.48. The Balaban J connectivity index is 1.49. The highest BCUT2D eigenvalue weighted by atomic mass is 32.2. The Morgan fingerprint density at radius 3 is 2.19 bits per heavy atom. The first-order valence-corrected chi connectivity index (χ1v) is 11.0. The van der Waals surface area contributed by atoms with Crippen LogP contribution in [0.1, 0.15) is 5.82 Å². The summed E-state index contributed by atoms with van der Waals surface area (Å²) in [5.41, 5.74) is 0.370. The van der Waals surface area contributed by atoms with Crippen molar-refractivity contribution < 1.29 is 26.4 Å². The van der Waals surface area contributed by atoms with Gasteiger partial charge in [-0.05, 0) is 24.3 Å². The van der Waals surface area contributed by atoms with Gasteiger partial charge in [0, 0.05) is 26.2 Å². The van der Waals surface area contributed by atoms with Crippen LogP contribution < -0.4 is 0 Å². The van der Waals surface area contributed by atoms with Crippen LogP contribution in [-0.2, 0) is 27.5 Å². The predicted octanol–water partition coefficient (Wildman–Crippen LogP) is 2.59. The van der Waals surface area contributed by atoms with E-state index in [-0.39, 0.29) is 42.1 Å². The van der Waals surface area contributed by atoms with Gasteiger partial charge in [0.25, 0.3) is 0 Å². The summed E-state index contributed by atoms with van der Waals surface area (Å²) in [4.78, 5) is 17.9. The summed E-state index contributed by atoms with van der Waals surface area (Å²) in [5.74, 6) is -1.65. The number of sulfonamides is 1. The van der Waals surface area contributed by atoms with E-state index in [1.165, 1.54) is 33.5 Å². The molecule has 7 nitrogen and oxygen atoms in total. The van der Waals surface area contributed by atoms with Crippen molar-refractivity contribution in [2.75, 3.05) is 26.2 Å². The quantitative estimate of drug-likeness (QED) is 0.610. The molecule has 0 spiro atoms. The zero-order valence-corrected chi connectivity index (χ0v) is 17.1. The number of carbonyl (C=O) groups is 1. The number of hydrogen-bond acceptors (Lipinski definition) is 4. The number of carbonyl (C=O) groups excluding carboxylic acids is 1. The number of imidazole rings is 1. The van der Waals surface area contributed by atoms with Crippen LogP contribution in [-0.4, -0.2) is 59.3 Å². The molecule has 1 saturated heterocycles. The molecule has 1 amide bonds. The molecule has 1 aromatic heterocycles. The van der Waals surface area contributed by atoms with Crippen molar-refractivity contribution in [1.29, 1.82) is 0 Å². The third-order valence-corrected chi connectivity index (χ3v) is 7.09. The van der Waals surface area contributed by atoms with E-state index >= 15 is 0 Å². The average Bonchev–Trinajstić information content (AvgIpc) is 3.13. The Hall–Kier alpha value is -2.92. The zero-order valence-electron chi connectivity index (χ0n) is 16.3. The van der Waals surface area contributed by atoms with E-state index < -0.39 is 34.5 Å². The van der Waals surface area contributed by atoms with Gasteiger partial charge < -0.3 is 9.47 Å². The van der Waals surface area contributed by atoms with Gasteiger partial charge in [-0.15, -0.1) is 0 Å². The summed E-state index contributed by atoms with van der Waals surface area (Å²) in [7, 11) is -3.68. The molecule has 0 bridgehead atoms. The predicted molar refractivity (Wildman–Crippen MR) is 107 cm³/mol. The lowest BCUT2D eigenvalue weighted by Crippen LogP contribution is -2.51. The summed E-state index contributed by atoms with van der Waals surface area (Å²) in [6.45, 7) is -0.196. The minimum atomic E-state index is -4.71. The van der Waals surface area contributed by atoms with Gasteiger partial charge in [0.1, 0.15) is 6.54 Å². The Bertz CT molecular complexity index is 1200. The van der Waals surface area contributed by atoms with Crippen molar-refractivity contribution in [1.82, 2.24) is 18.8 Å². The van der Waals surface area contributed by atoms with Crippen molar-refractivity contribution >= 4 is 27.0 Å². The van der Waals surface area contributed by atoms with Crippen LogP contribution in [0.25, 0.3) is 11.0 Å². The molecule has 2 heterocycles. The normalized spacial score (nSPS) is 16.0. The van der Waals surface area contributed by atoms with Gasteiger partial charge in [0.05, 0.1) is 15.9 Å². The molecule has 11 heteroatoms. The monoisotopic (exact) mass is 452 g/mol. The SMILES string of the molecule is O=C(Cn1c(C(F)(F)F)nc2ccccc21)N1CCN(S(=O)(=O)c2ccccc2)CC1. The summed E-state index contributed by atoms with van der Waals surface area (Å²) in [5, 5.41) is 0. The second-order valence-corrected chi connectivity index (χ2v) is 9.04. The molecule has 0 N–H and O–H groups in total. The molecule has 0 atom stereocenters. The second-order valence-electron chi connectivity index (χ2n) is 7.11. The number of halogens is 3. The molecule has 4 rings (SSSR count). The topological polar surface area (TPSA) is 75.5 Å². The maximum atomic E-state index is 13.4. The molecule has 1 aliphatic rings. The first-order valence-electron chi connectivity index (χ1n) is 9.53. The number of benzene rings is 2. The third kappa shape index (κ3) is 4.15. The smallest absolute Gasteiger partial charge is 0.339 e. The van der Waals surface area contributed by atoms with Gasteiger partial charge in [-0.1, -0.05) is 30.3 Å². The van der Waals surface area contributed by atoms with Gasteiger partial charge in [-0.25, -0.2) is 13.4 Å². The van der Waals surface area contributed by atoms with Crippen LogP contribution >= 0.6 is 0 Å². The van der Waals surface area contributed by atoms with Crippen molar-refractivity contribution in [2.24, 2.45) is 0 Å². The average molecular weight is 452 g/mol. The molecule has 164 valence electrons. The Labute approximate surface area is 176 Å². The first kappa shape index (κ1) is 21.3. The summed E-state index contributed by atoms with van der Waals surface area (Å²) >= 11 is 0. The molecule has 2 aromatic carbocycles. The highest BCUT2D eigenvalue weighted by molar-refractivity contribution is 7.89. The van der Waals surface area contributed by atoms with Crippen LogP contribution in [0.2, 0.25) is 0 Å². The molecule has 1 fully saturated rings. The lowest BCUT2D eigenvalue weighted by atomic mass is 10.3. The van der Waals surface area contributed by atoms with Gasteiger partial charge in [0.15, 0.2) is 0 Å². The van der Waals surface area contributed by atoms with Gasteiger partial charge in [-0.2, -0.15) is 17.5 Å². The fraction of sp³-hybridized carbons (Fsp3) is 0.300. The number of nitrogens with zero attached hydrogens (tertiary/aromatic N) is 4. The standard InChI is InChI=1S/C20H19F3N4O3S/c21-20(22,23)19-24-16-8-4-5-9-17(16)27(19)14-18(28)25-10-12-26(13-11-25)31(29,30)15-6-2-1-3-7-15/h1-9H,10-14H2. The van der Waals surface area contributed by atoms with E-state index in [0.717, 1.165) is 4.57 Å². The number of para-hydroxylation sites is 2. The van der Waals surface area contributed by atoms with E-state index in [1.54, 1.807) is 30.3 Å². The number of alkyl halides is 3. The molecule has 1 aliphatic heterocycles. The van der Waals surface area contributed by atoms with Crippen LogP contribution in [0.3, 0.4) is 0 Å². The van der Waals surface area contributed by atoms with Crippen molar-refractivity contribution in [3.8, 4) is 0 Å².